The summed E-state index contributed by atoms with van der Waals surface area (Å²) in [6, 6.07) is 5.99. The summed E-state index contributed by atoms with van der Waals surface area (Å²) in [6.45, 7) is 6.08. The van der Waals surface area contributed by atoms with Gasteiger partial charge in [-0.25, -0.2) is 13.1 Å². The van der Waals surface area contributed by atoms with Crippen molar-refractivity contribution in [2.24, 2.45) is 5.92 Å². The zero-order valence-electron chi connectivity index (χ0n) is 12.0. The third kappa shape index (κ3) is 4.23. The van der Waals surface area contributed by atoms with E-state index >= 15 is 0 Å². The summed E-state index contributed by atoms with van der Waals surface area (Å²) in [5, 5.41) is 0. The first-order valence-electron chi connectivity index (χ1n) is 6.74. The molecule has 5 nitrogen and oxygen atoms in total. The molecule has 0 heterocycles. The zero-order chi connectivity index (χ0) is 15.2. The Morgan fingerprint density at radius 1 is 1.15 bits per heavy atom. The molecule has 0 bridgehead atoms. The molecule has 0 saturated carbocycles. The van der Waals surface area contributed by atoms with Gasteiger partial charge in [-0.2, -0.15) is 0 Å². The van der Waals surface area contributed by atoms with E-state index in [-0.39, 0.29) is 10.8 Å². The van der Waals surface area contributed by atoms with E-state index in [2.05, 4.69) is 4.72 Å². The average Bonchev–Trinajstić information content (AvgIpc) is 2.40. The molecule has 0 aliphatic heterocycles. The van der Waals surface area contributed by atoms with Crippen LogP contribution in [-0.4, -0.2) is 20.9 Å². The first kappa shape index (κ1) is 16.5. The number of rotatable bonds is 7. The topological polar surface area (TPSA) is 72.5 Å². The normalized spacial score (nSPS) is 11.4. The molecule has 1 amide bonds. The minimum atomic E-state index is -3.81. The molecule has 112 valence electrons. The number of benzene rings is 1. The molecule has 1 aromatic rings. The van der Waals surface area contributed by atoms with Gasteiger partial charge in [-0.3, -0.25) is 4.79 Å². The molecule has 0 aliphatic rings. The summed E-state index contributed by atoms with van der Waals surface area (Å²) in [7, 11) is -3.81. The molecule has 0 aliphatic carbocycles. The van der Waals surface area contributed by atoms with Gasteiger partial charge in [0, 0.05) is 5.92 Å². The molecule has 0 atom stereocenters. The maximum atomic E-state index is 12.1. The van der Waals surface area contributed by atoms with Gasteiger partial charge in [0.2, 0.25) is 5.91 Å². The number of carbonyl (C=O) groups is 1. The summed E-state index contributed by atoms with van der Waals surface area (Å²) in [5.41, 5.74) is 0. The molecule has 0 unspecified atom stereocenters. The van der Waals surface area contributed by atoms with Crippen LogP contribution in [0.3, 0.4) is 0 Å². The van der Waals surface area contributed by atoms with Crippen molar-refractivity contribution < 1.29 is 17.9 Å². The van der Waals surface area contributed by atoms with Crippen LogP contribution in [0.4, 0.5) is 0 Å². The van der Waals surface area contributed by atoms with Crippen molar-refractivity contribution in [2.45, 2.75) is 38.5 Å². The van der Waals surface area contributed by atoms with Gasteiger partial charge in [0.25, 0.3) is 10.0 Å². The fraction of sp³-hybridized carbons (Fsp3) is 0.500. The van der Waals surface area contributed by atoms with E-state index in [1.807, 2.05) is 20.8 Å². The van der Waals surface area contributed by atoms with Crippen molar-refractivity contribution in [3.8, 4) is 5.75 Å². The number of ether oxygens (including phenoxy) is 1. The van der Waals surface area contributed by atoms with E-state index in [9.17, 15) is 13.2 Å². The predicted octanol–water partition coefficient (Wildman–Crippen LogP) is 2.33. The van der Waals surface area contributed by atoms with E-state index < -0.39 is 15.9 Å². The maximum absolute atomic E-state index is 12.1. The first-order chi connectivity index (χ1) is 9.44. The highest BCUT2D eigenvalue weighted by Crippen LogP contribution is 2.17. The molecular weight excluding hydrogens is 278 g/mol. The average molecular weight is 299 g/mol. The fourth-order valence-electron chi connectivity index (χ4n) is 1.82. The van der Waals surface area contributed by atoms with Gasteiger partial charge < -0.3 is 4.74 Å². The van der Waals surface area contributed by atoms with Crippen LogP contribution >= 0.6 is 0 Å². The summed E-state index contributed by atoms with van der Waals surface area (Å²) in [6.07, 6.45) is 1.22. The van der Waals surface area contributed by atoms with Gasteiger partial charge in [-0.1, -0.05) is 13.8 Å². The summed E-state index contributed by atoms with van der Waals surface area (Å²) in [4.78, 5) is 11.9. The minimum Gasteiger partial charge on any atom is -0.494 e. The Kier molecular flexibility index (Phi) is 6.01. The second kappa shape index (κ2) is 7.28. The lowest BCUT2D eigenvalue weighted by atomic mass is 10.0. The van der Waals surface area contributed by atoms with Crippen LogP contribution in [0, 0.1) is 5.92 Å². The van der Waals surface area contributed by atoms with Crippen molar-refractivity contribution in [1.29, 1.82) is 0 Å². The quantitative estimate of drug-likeness (QED) is 0.838. The molecule has 6 heteroatoms. The van der Waals surface area contributed by atoms with E-state index in [1.54, 1.807) is 12.1 Å². The smallest absolute Gasteiger partial charge is 0.264 e. The third-order valence-electron chi connectivity index (χ3n) is 3.04. The molecule has 0 fully saturated rings. The number of amides is 1. The molecule has 0 aromatic heterocycles. The van der Waals surface area contributed by atoms with Crippen LogP contribution in [0.15, 0.2) is 29.2 Å². The SMILES string of the molecule is CCOc1ccc(S(=O)(=O)NC(=O)C(CC)CC)cc1. The van der Waals surface area contributed by atoms with Crippen LogP contribution in [0.25, 0.3) is 0 Å². The molecule has 0 spiro atoms. The Bertz CT molecular complexity index is 533. The summed E-state index contributed by atoms with van der Waals surface area (Å²) < 4.78 is 31.5. The second-order valence-electron chi connectivity index (χ2n) is 4.39. The number of nitrogens with one attached hydrogen (secondary N) is 1. The largest absolute Gasteiger partial charge is 0.494 e. The van der Waals surface area contributed by atoms with Gasteiger partial charge >= 0.3 is 0 Å². The second-order valence-corrected chi connectivity index (χ2v) is 6.07. The number of hydrogen-bond acceptors (Lipinski definition) is 4. The van der Waals surface area contributed by atoms with Gasteiger partial charge in [0.15, 0.2) is 0 Å². The highest BCUT2D eigenvalue weighted by atomic mass is 32.2. The van der Waals surface area contributed by atoms with Crippen molar-refractivity contribution in [1.82, 2.24) is 4.72 Å². The fourth-order valence-corrected chi connectivity index (χ4v) is 2.86. The van der Waals surface area contributed by atoms with E-state index in [0.717, 1.165) is 0 Å². The Morgan fingerprint density at radius 3 is 2.15 bits per heavy atom. The van der Waals surface area contributed by atoms with Crippen molar-refractivity contribution in [3.05, 3.63) is 24.3 Å². The minimum absolute atomic E-state index is 0.0558. The van der Waals surface area contributed by atoms with Crippen molar-refractivity contribution >= 4 is 15.9 Å². The Hall–Kier alpha value is -1.56. The van der Waals surface area contributed by atoms with Crippen LogP contribution in [0.2, 0.25) is 0 Å². The van der Waals surface area contributed by atoms with Crippen LogP contribution in [0.5, 0.6) is 5.75 Å². The van der Waals surface area contributed by atoms with E-state index in [1.165, 1.54) is 12.1 Å². The molecule has 0 saturated heterocycles. The Morgan fingerprint density at radius 2 is 1.70 bits per heavy atom. The van der Waals surface area contributed by atoms with Crippen LogP contribution in [-0.2, 0) is 14.8 Å². The molecule has 1 N–H and O–H groups in total. The summed E-state index contributed by atoms with van der Waals surface area (Å²) in [5.74, 6) is -0.144. The Balaban J connectivity index is 2.85. The highest BCUT2D eigenvalue weighted by Gasteiger charge is 2.22. The predicted molar refractivity (Wildman–Crippen MR) is 77.0 cm³/mol. The molecular formula is C14H21NO4S. The van der Waals surface area contributed by atoms with E-state index in [4.69, 9.17) is 4.74 Å². The molecule has 1 aromatic carbocycles. The zero-order valence-corrected chi connectivity index (χ0v) is 12.9. The van der Waals surface area contributed by atoms with Crippen LogP contribution < -0.4 is 9.46 Å². The van der Waals surface area contributed by atoms with Gasteiger partial charge in [-0.15, -0.1) is 0 Å². The number of carbonyl (C=O) groups excluding carboxylic acids is 1. The Labute approximate surface area is 120 Å². The maximum Gasteiger partial charge on any atom is 0.264 e. The monoisotopic (exact) mass is 299 g/mol. The summed E-state index contributed by atoms with van der Waals surface area (Å²) >= 11 is 0. The highest BCUT2D eigenvalue weighted by molar-refractivity contribution is 7.90. The standard InChI is InChI=1S/C14H21NO4S/c1-4-11(5-2)14(16)15-20(17,18)13-9-7-12(8-10-13)19-6-3/h7-11H,4-6H2,1-3H3,(H,15,16). The molecule has 0 radical (unpaired) electrons. The third-order valence-corrected chi connectivity index (χ3v) is 4.40. The number of sulfonamides is 1. The number of hydrogen-bond donors (Lipinski definition) is 1. The van der Waals surface area contributed by atoms with Gasteiger partial charge in [-0.05, 0) is 44.0 Å². The molecule has 1 rings (SSSR count). The van der Waals surface area contributed by atoms with Gasteiger partial charge in [0.1, 0.15) is 5.75 Å². The lowest BCUT2D eigenvalue weighted by Crippen LogP contribution is -2.35. The van der Waals surface area contributed by atoms with Crippen molar-refractivity contribution in [2.75, 3.05) is 6.61 Å². The van der Waals surface area contributed by atoms with E-state index in [0.29, 0.717) is 25.2 Å². The first-order valence-corrected chi connectivity index (χ1v) is 8.22. The van der Waals surface area contributed by atoms with Crippen molar-refractivity contribution in [3.63, 3.8) is 0 Å². The van der Waals surface area contributed by atoms with Gasteiger partial charge in [0.05, 0.1) is 11.5 Å². The lowest BCUT2D eigenvalue weighted by Gasteiger charge is -2.13. The lowest BCUT2D eigenvalue weighted by molar-refractivity contribution is -0.123. The van der Waals surface area contributed by atoms with Crippen LogP contribution in [0.1, 0.15) is 33.6 Å². The molecule has 20 heavy (non-hydrogen) atoms.